The Bertz CT molecular complexity index is 1090. The number of nitrogens with zero attached hydrogens (tertiary/aromatic N) is 4. The third-order valence-corrected chi connectivity index (χ3v) is 4.71. The third kappa shape index (κ3) is 3.05. The van der Waals surface area contributed by atoms with Gasteiger partial charge in [-0.1, -0.05) is 72.5 Å². The van der Waals surface area contributed by atoms with Crippen LogP contribution >= 0.6 is 0 Å². The van der Waals surface area contributed by atoms with E-state index in [1.54, 1.807) is 12.1 Å². The highest BCUT2D eigenvalue weighted by atomic mass is 19.3. The molecule has 0 spiro atoms. The lowest BCUT2D eigenvalue weighted by Gasteiger charge is -2.21. The molecule has 1 aliphatic heterocycles. The van der Waals surface area contributed by atoms with Crippen molar-refractivity contribution in [3.8, 4) is 0 Å². The molecule has 140 valence electrons. The van der Waals surface area contributed by atoms with E-state index in [1.165, 1.54) is 28.9 Å². The third-order valence-electron chi connectivity index (χ3n) is 4.71. The van der Waals surface area contributed by atoms with Crippen LogP contribution in [0.25, 0.3) is 6.08 Å². The maximum absolute atomic E-state index is 14.9. The molecule has 0 bridgehead atoms. The molecule has 0 saturated heterocycles. The zero-order chi connectivity index (χ0) is 19.7. The van der Waals surface area contributed by atoms with Crippen molar-refractivity contribution in [3.63, 3.8) is 0 Å². The minimum absolute atomic E-state index is 0.0173. The molecule has 28 heavy (non-hydrogen) atoms. The molecular weight excluding hydrogens is 362 g/mol. The Morgan fingerprint density at radius 2 is 1.82 bits per heavy atom. The van der Waals surface area contributed by atoms with E-state index >= 15 is 0 Å². The number of carbonyl (C=O) groups excluding carboxylic acids is 1. The Kier molecular flexibility index (Phi) is 4.43. The lowest BCUT2D eigenvalue weighted by molar-refractivity contribution is 0.0715. The summed E-state index contributed by atoms with van der Waals surface area (Å²) < 4.78 is 31.4. The van der Waals surface area contributed by atoms with Crippen LogP contribution in [0.4, 0.5) is 8.78 Å². The van der Waals surface area contributed by atoms with E-state index in [-0.39, 0.29) is 17.7 Å². The maximum Gasteiger partial charge on any atom is 0.311 e. The van der Waals surface area contributed by atoms with Gasteiger partial charge in [-0.15, -0.1) is 5.10 Å². The summed E-state index contributed by atoms with van der Waals surface area (Å²) in [6, 6.07) is 14.9. The van der Waals surface area contributed by atoms with Crippen LogP contribution in [-0.2, 0) is 18.9 Å². The van der Waals surface area contributed by atoms with Gasteiger partial charge in [0.15, 0.2) is 5.69 Å². The zero-order valence-corrected chi connectivity index (χ0v) is 14.8. The second kappa shape index (κ2) is 6.92. The quantitative estimate of drug-likeness (QED) is 0.677. The number of benzene rings is 2. The normalized spacial score (nSPS) is 13.8. The smallest absolute Gasteiger partial charge is 0.265 e. The number of fused-ring (bicyclic) bond motifs is 1. The predicted octanol–water partition coefficient (Wildman–Crippen LogP) is 3.90. The monoisotopic (exact) mass is 378 g/mol. The van der Waals surface area contributed by atoms with Crippen molar-refractivity contribution in [3.05, 3.63) is 89.3 Å². The largest absolute Gasteiger partial charge is 0.311 e. The average molecular weight is 378 g/mol. The number of aliphatic imine (C=N–C) groups is 1. The van der Waals surface area contributed by atoms with E-state index in [1.807, 2.05) is 24.3 Å². The fraction of sp³-hybridized carbons (Fsp3) is 0.143. The lowest BCUT2D eigenvalue weighted by atomic mass is 9.97. The van der Waals surface area contributed by atoms with Gasteiger partial charge >= 0.3 is 5.92 Å². The molecule has 2 aromatic carbocycles. The molecule has 1 amide bonds. The Labute approximate surface area is 160 Å². The van der Waals surface area contributed by atoms with E-state index in [2.05, 4.69) is 21.9 Å². The number of rotatable bonds is 5. The number of amides is 1. The Morgan fingerprint density at radius 3 is 2.57 bits per heavy atom. The van der Waals surface area contributed by atoms with Gasteiger partial charge in [-0.2, -0.15) is 8.78 Å². The highest BCUT2D eigenvalue weighted by Gasteiger charge is 2.42. The van der Waals surface area contributed by atoms with Crippen molar-refractivity contribution in [2.24, 2.45) is 4.99 Å². The van der Waals surface area contributed by atoms with Gasteiger partial charge < -0.3 is 0 Å². The van der Waals surface area contributed by atoms with Crippen molar-refractivity contribution in [2.45, 2.75) is 18.9 Å². The number of alkyl halides is 2. The number of halogens is 2. The maximum atomic E-state index is 14.9. The SMILES string of the molecule is C=Cc1ccccc1Cn1nnc2c1CC(C(F)(F)c1ccccc1)=NC2=O. The Balaban J connectivity index is 1.69. The molecule has 0 saturated carbocycles. The van der Waals surface area contributed by atoms with Crippen molar-refractivity contribution in [1.82, 2.24) is 15.0 Å². The molecule has 3 aromatic rings. The molecule has 1 aromatic heterocycles. The van der Waals surface area contributed by atoms with E-state index in [0.717, 1.165) is 11.1 Å². The number of hydrogen-bond donors (Lipinski definition) is 0. The fourth-order valence-corrected chi connectivity index (χ4v) is 3.21. The second-order valence-electron chi connectivity index (χ2n) is 6.43. The standard InChI is InChI=1S/C21H16F2N4O/c1-2-14-8-6-7-9-15(14)13-27-17-12-18(24-20(28)19(17)25-26-27)21(22,23)16-10-4-3-5-11-16/h2-11H,1,12-13H2. The first kappa shape index (κ1) is 17.9. The highest BCUT2D eigenvalue weighted by molar-refractivity contribution is 6.10. The summed E-state index contributed by atoms with van der Waals surface area (Å²) in [5.74, 6) is -4.15. The first-order chi connectivity index (χ1) is 13.5. The van der Waals surface area contributed by atoms with Crippen LogP contribution in [0.3, 0.4) is 0 Å². The first-order valence-electron chi connectivity index (χ1n) is 8.69. The van der Waals surface area contributed by atoms with Gasteiger partial charge in [0.1, 0.15) is 5.71 Å². The molecule has 1 aliphatic rings. The van der Waals surface area contributed by atoms with Crippen LogP contribution in [0.15, 0.2) is 66.2 Å². The highest BCUT2D eigenvalue weighted by Crippen LogP contribution is 2.33. The van der Waals surface area contributed by atoms with Gasteiger partial charge in [-0.25, -0.2) is 9.67 Å². The number of hydrogen-bond acceptors (Lipinski definition) is 3. The molecule has 0 N–H and O–H groups in total. The Hall–Kier alpha value is -3.48. The predicted molar refractivity (Wildman–Crippen MR) is 101 cm³/mol. The van der Waals surface area contributed by atoms with Gasteiger partial charge in [-0.05, 0) is 11.1 Å². The fourth-order valence-electron chi connectivity index (χ4n) is 3.21. The first-order valence-corrected chi connectivity index (χ1v) is 8.69. The molecule has 7 heteroatoms. The summed E-state index contributed by atoms with van der Waals surface area (Å²) in [5, 5.41) is 7.87. The van der Waals surface area contributed by atoms with Crippen LogP contribution in [0.2, 0.25) is 0 Å². The van der Waals surface area contributed by atoms with Crippen LogP contribution in [0.1, 0.15) is 32.9 Å². The van der Waals surface area contributed by atoms with Crippen LogP contribution < -0.4 is 0 Å². The minimum Gasteiger partial charge on any atom is -0.265 e. The summed E-state index contributed by atoms with van der Waals surface area (Å²) in [6.07, 6.45) is 1.51. The van der Waals surface area contributed by atoms with Gasteiger partial charge in [0.2, 0.25) is 0 Å². The molecule has 0 atom stereocenters. The average Bonchev–Trinajstić information content (AvgIpc) is 3.12. The van der Waals surface area contributed by atoms with E-state index < -0.39 is 17.5 Å². The van der Waals surface area contributed by atoms with E-state index in [9.17, 15) is 13.6 Å². The summed E-state index contributed by atoms with van der Waals surface area (Å²) in [4.78, 5) is 15.9. The molecule has 5 nitrogen and oxygen atoms in total. The molecule has 0 radical (unpaired) electrons. The van der Waals surface area contributed by atoms with Crippen LogP contribution in [0.5, 0.6) is 0 Å². The van der Waals surface area contributed by atoms with E-state index in [4.69, 9.17) is 0 Å². The number of carbonyl (C=O) groups is 1. The summed E-state index contributed by atoms with van der Waals surface area (Å²) in [6.45, 7) is 4.07. The minimum atomic E-state index is -3.36. The molecule has 0 unspecified atom stereocenters. The van der Waals surface area contributed by atoms with Crippen molar-refractivity contribution < 1.29 is 13.6 Å². The van der Waals surface area contributed by atoms with E-state index in [0.29, 0.717) is 12.2 Å². The second-order valence-corrected chi connectivity index (χ2v) is 6.43. The topological polar surface area (TPSA) is 60.1 Å². The van der Waals surface area contributed by atoms with Crippen molar-refractivity contribution in [2.75, 3.05) is 0 Å². The molecule has 4 rings (SSSR count). The molecule has 0 fully saturated rings. The van der Waals surface area contributed by atoms with Gasteiger partial charge in [-0.3, -0.25) is 4.79 Å². The van der Waals surface area contributed by atoms with Crippen LogP contribution in [0, 0.1) is 0 Å². The van der Waals surface area contributed by atoms with Crippen molar-refractivity contribution in [1.29, 1.82) is 0 Å². The summed E-state index contributed by atoms with van der Waals surface area (Å²) >= 11 is 0. The zero-order valence-electron chi connectivity index (χ0n) is 14.8. The van der Waals surface area contributed by atoms with Gasteiger partial charge in [0.25, 0.3) is 5.91 Å². The van der Waals surface area contributed by atoms with Gasteiger partial charge in [0.05, 0.1) is 12.2 Å². The summed E-state index contributed by atoms with van der Waals surface area (Å²) in [7, 11) is 0. The molecule has 2 heterocycles. The lowest BCUT2D eigenvalue weighted by Crippen LogP contribution is -2.33. The number of aromatic nitrogens is 3. The van der Waals surface area contributed by atoms with Crippen molar-refractivity contribution >= 4 is 17.7 Å². The Morgan fingerprint density at radius 1 is 1.11 bits per heavy atom. The molecule has 0 aliphatic carbocycles. The van der Waals surface area contributed by atoms with Crippen LogP contribution in [-0.4, -0.2) is 26.6 Å². The summed E-state index contributed by atoms with van der Waals surface area (Å²) in [5.41, 5.74) is 1.44. The van der Waals surface area contributed by atoms with Gasteiger partial charge in [0, 0.05) is 12.0 Å². The molecular formula is C21H16F2N4O.